The number of halogens is 2. The largest absolute Gasteiger partial charge is 0.358 e. The van der Waals surface area contributed by atoms with E-state index in [4.69, 9.17) is 0 Å². The van der Waals surface area contributed by atoms with Gasteiger partial charge in [-0.3, -0.25) is 0 Å². The van der Waals surface area contributed by atoms with Crippen molar-refractivity contribution in [3.05, 3.63) is 41.9 Å². The van der Waals surface area contributed by atoms with Crippen LogP contribution in [0.3, 0.4) is 0 Å². The molecule has 0 spiro atoms. The minimum Gasteiger partial charge on any atom is -0.358 e. The van der Waals surface area contributed by atoms with E-state index in [0.29, 0.717) is 12.1 Å². The zero-order valence-electron chi connectivity index (χ0n) is 8.72. The molecule has 0 saturated heterocycles. The Labute approximate surface area is 91.5 Å². The van der Waals surface area contributed by atoms with Gasteiger partial charge in [0.25, 0.3) is 0 Å². The van der Waals surface area contributed by atoms with Gasteiger partial charge in [-0.1, -0.05) is 0 Å². The third kappa shape index (κ3) is 1.81. The van der Waals surface area contributed by atoms with Crippen LogP contribution in [0.4, 0.5) is 8.78 Å². The van der Waals surface area contributed by atoms with E-state index in [1.54, 1.807) is 13.1 Å². The molecule has 3 nitrogen and oxygen atoms in total. The second kappa shape index (κ2) is 4.40. The van der Waals surface area contributed by atoms with Crippen LogP contribution in [0.25, 0.3) is 11.3 Å². The number of pyridine rings is 1. The molecule has 2 aromatic heterocycles. The summed E-state index contributed by atoms with van der Waals surface area (Å²) in [4.78, 5) is 6.20. The molecule has 0 bridgehead atoms. The minimum absolute atomic E-state index is 0.135. The van der Waals surface area contributed by atoms with Gasteiger partial charge in [0.05, 0.1) is 11.3 Å². The second-order valence-corrected chi connectivity index (χ2v) is 3.37. The summed E-state index contributed by atoms with van der Waals surface area (Å²) >= 11 is 0. The van der Waals surface area contributed by atoms with Crippen molar-refractivity contribution in [3.8, 4) is 11.3 Å². The molecule has 0 radical (unpaired) electrons. The second-order valence-electron chi connectivity index (χ2n) is 3.37. The fraction of sp³-hybridized carbons (Fsp3) is 0.182. The van der Waals surface area contributed by atoms with Crippen molar-refractivity contribution in [1.82, 2.24) is 15.3 Å². The number of aromatic amines is 1. The van der Waals surface area contributed by atoms with Gasteiger partial charge in [-0.15, -0.1) is 0 Å². The average molecular weight is 223 g/mol. The van der Waals surface area contributed by atoms with Gasteiger partial charge in [0.2, 0.25) is 5.95 Å². The van der Waals surface area contributed by atoms with Crippen molar-refractivity contribution in [2.24, 2.45) is 0 Å². The number of hydrogen-bond acceptors (Lipinski definition) is 2. The van der Waals surface area contributed by atoms with Crippen molar-refractivity contribution in [2.75, 3.05) is 7.05 Å². The number of hydrogen-bond donors (Lipinski definition) is 2. The SMILES string of the molecule is CNCc1c[nH]c(-c2cccnc2F)c1F. The van der Waals surface area contributed by atoms with Crippen molar-refractivity contribution < 1.29 is 8.78 Å². The smallest absolute Gasteiger partial charge is 0.222 e. The summed E-state index contributed by atoms with van der Waals surface area (Å²) in [6.45, 7) is 0.393. The highest BCUT2D eigenvalue weighted by Gasteiger charge is 2.15. The predicted octanol–water partition coefficient (Wildman–Crippen LogP) is 2.07. The van der Waals surface area contributed by atoms with Crippen LogP contribution >= 0.6 is 0 Å². The van der Waals surface area contributed by atoms with E-state index in [2.05, 4.69) is 15.3 Å². The highest BCUT2D eigenvalue weighted by molar-refractivity contribution is 5.60. The molecule has 2 aromatic rings. The molecule has 5 heteroatoms. The van der Waals surface area contributed by atoms with Crippen molar-refractivity contribution in [1.29, 1.82) is 0 Å². The van der Waals surface area contributed by atoms with Gasteiger partial charge >= 0.3 is 0 Å². The molecule has 0 aliphatic carbocycles. The number of nitrogens with zero attached hydrogens (tertiary/aromatic N) is 1. The van der Waals surface area contributed by atoms with Crippen LogP contribution < -0.4 is 5.32 Å². The fourth-order valence-corrected chi connectivity index (χ4v) is 1.53. The third-order valence-electron chi connectivity index (χ3n) is 2.29. The lowest BCUT2D eigenvalue weighted by Crippen LogP contribution is -2.05. The summed E-state index contributed by atoms with van der Waals surface area (Å²) in [6, 6.07) is 3.05. The van der Waals surface area contributed by atoms with Crippen LogP contribution in [0, 0.1) is 11.8 Å². The average Bonchev–Trinajstić information content (AvgIpc) is 2.62. The normalized spacial score (nSPS) is 10.7. The highest BCUT2D eigenvalue weighted by Crippen LogP contribution is 2.25. The summed E-state index contributed by atoms with van der Waals surface area (Å²) < 4.78 is 27.2. The topological polar surface area (TPSA) is 40.7 Å². The molecular weight excluding hydrogens is 212 g/mol. The first-order chi connectivity index (χ1) is 7.74. The summed E-state index contributed by atoms with van der Waals surface area (Å²) in [5.41, 5.74) is 0.749. The first-order valence-corrected chi connectivity index (χ1v) is 4.85. The van der Waals surface area contributed by atoms with E-state index >= 15 is 0 Å². The van der Waals surface area contributed by atoms with Gasteiger partial charge in [0.15, 0.2) is 5.82 Å². The standard InChI is InChI=1S/C11H11F2N3/c1-14-5-7-6-16-10(9(7)12)8-3-2-4-15-11(8)13/h2-4,6,14,16H,5H2,1H3. The van der Waals surface area contributed by atoms with Crippen molar-refractivity contribution >= 4 is 0 Å². The Kier molecular flexibility index (Phi) is 2.96. The Bertz CT molecular complexity index is 494. The van der Waals surface area contributed by atoms with Crippen LogP contribution in [0.5, 0.6) is 0 Å². The zero-order chi connectivity index (χ0) is 11.5. The van der Waals surface area contributed by atoms with E-state index in [1.807, 2.05) is 0 Å². The molecule has 2 rings (SSSR count). The lowest BCUT2D eigenvalue weighted by molar-refractivity contribution is 0.580. The minimum atomic E-state index is -0.681. The van der Waals surface area contributed by atoms with E-state index in [0.717, 1.165) is 0 Å². The molecule has 0 amide bonds. The van der Waals surface area contributed by atoms with Gasteiger partial charge in [-0.2, -0.15) is 4.39 Å². The number of rotatable bonds is 3. The zero-order valence-corrected chi connectivity index (χ0v) is 8.72. The Hall–Kier alpha value is -1.75. The highest BCUT2D eigenvalue weighted by atomic mass is 19.1. The summed E-state index contributed by atoms with van der Waals surface area (Å²) in [5.74, 6) is -1.12. The molecule has 0 saturated carbocycles. The molecule has 0 aromatic carbocycles. The van der Waals surface area contributed by atoms with E-state index < -0.39 is 11.8 Å². The Morgan fingerprint density at radius 3 is 2.94 bits per heavy atom. The third-order valence-corrected chi connectivity index (χ3v) is 2.29. The first kappa shape index (κ1) is 10.8. The molecule has 0 aliphatic heterocycles. The molecule has 2 heterocycles. The monoisotopic (exact) mass is 223 g/mol. The quantitative estimate of drug-likeness (QED) is 0.782. The van der Waals surface area contributed by atoms with Gasteiger partial charge in [-0.05, 0) is 19.2 Å². The van der Waals surface area contributed by atoms with Crippen molar-refractivity contribution in [3.63, 3.8) is 0 Å². The van der Waals surface area contributed by atoms with Crippen LogP contribution in [0.1, 0.15) is 5.56 Å². The van der Waals surface area contributed by atoms with Crippen LogP contribution in [0.15, 0.2) is 24.5 Å². The Morgan fingerprint density at radius 1 is 1.44 bits per heavy atom. The predicted molar refractivity (Wildman–Crippen MR) is 56.7 cm³/mol. The van der Waals surface area contributed by atoms with Crippen molar-refractivity contribution in [2.45, 2.75) is 6.54 Å². The molecular formula is C11H11F2N3. The Morgan fingerprint density at radius 2 is 2.25 bits per heavy atom. The lowest BCUT2D eigenvalue weighted by Gasteiger charge is -2.00. The maximum Gasteiger partial charge on any atom is 0.222 e. The van der Waals surface area contributed by atoms with Crippen LogP contribution in [-0.4, -0.2) is 17.0 Å². The van der Waals surface area contributed by atoms with Gasteiger partial charge < -0.3 is 10.3 Å². The number of nitrogens with one attached hydrogen (secondary N) is 2. The molecule has 0 fully saturated rings. The van der Waals surface area contributed by atoms with Crippen LogP contribution in [0.2, 0.25) is 0 Å². The van der Waals surface area contributed by atoms with Crippen LogP contribution in [-0.2, 0) is 6.54 Å². The molecule has 84 valence electrons. The molecule has 16 heavy (non-hydrogen) atoms. The van der Waals surface area contributed by atoms with Gasteiger partial charge in [0.1, 0.15) is 0 Å². The Balaban J connectivity index is 2.45. The van der Waals surface area contributed by atoms with E-state index in [1.165, 1.54) is 18.5 Å². The maximum atomic E-state index is 13.8. The van der Waals surface area contributed by atoms with Gasteiger partial charge in [0, 0.05) is 24.5 Å². The molecule has 0 aliphatic rings. The maximum absolute atomic E-state index is 13.8. The number of H-pyrrole nitrogens is 1. The lowest BCUT2D eigenvalue weighted by atomic mass is 10.2. The summed E-state index contributed by atoms with van der Waals surface area (Å²) in [7, 11) is 1.72. The summed E-state index contributed by atoms with van der Waals surface area (Å²) in [6.07, 6.45) is 2.85. The van der Waals surface area contributed by atoms with E-state index in [9.17, 15) is 8.78 Å². The molecule has 2 N–H and O–H groups in total. The molecule has 0 atom stereocenters. The summed E-state index contributed by atoms with van der Waals surface area (Å²) in [5, 5.41) is 2.83. The fourth-order valence-electron chi connectivity index (χ4n) is 1.53. The number of aromatic nitrogens is 2. The van der Waals surface area contributed by atoms with Gasteiger partial charge in [-0.25, -0.2) is 9.37 Å². The first-order valence-electron chi connectivity index (χ1n) is 4.85. The van der Waals surface area contributed by atoms with E-state index in [-0.39, 0.29) is 11.3 Å². The molecule has 0 unspecified atom stereocenters.